The Kier molecular flexibility index (Phi) is 4.57. The van der Waals surface area contributed by atoms with E-state index in [1.165, 1.54) is 0 Å². The molecule has 0 unspecified atom stereocenters. The molecule has 1 N–H and O–H groups in total. The minimum Gasteiger partial charge on any atom is -0.264 e. The van der Waals surface area contributed by atoms with Crippen LogP contribution < -0.4 is 4.72 Å². The molecular weight excluding hydrogens is 280 g/mol. The Balaban J connectivity index is 2.09. The number of hydrogen-bond donors (Lipinski definition) is 1. The van der Waals surface area contributed by atoms with Crippen LogP contribution >= 0.6 is 11.8 Å². The highest BCUT2D eigenvalue weighted by Gasteiger charge is 2.13. The third-order valence-electron chi connectivity index (χ3n) is 2.56. The normalized spacial score (nSPS) is 11.4. The highest BCUT2D eigenvalue weighted by atomic mass is 32.2. The average molecular weight is 294 g/mol. The van der Waals surface area contributed by atoms with E-state index in [0.717, 1.165) is 10.5 Å². The van der Waals surface area contributed by atoms with E-state index in [0.29, 0.717) is 0 Å². The van der Waals surface area contributed by atoms with Gasteiger partial charge in [0.25, 0.3) is 0 Å². The average Bonchev–Trinajstić information content (AvgIpc) is 2.46. The maximum absolute atomic E-state index is 12.1. The van der Waals surface area contributed by atoms with Gasteiger partial charge in [-0.2, -0.15) is 0 Å². The van der Waals surface area contributed by atoms with Gasteiger partial charge >= 0.3 is 0 Å². The van der Waals surface area contributed by atoms with Gasteiger partial charge in [-0.3, -0.25) is 4.98 Å². The Hall–Kier alpha value is -1.37. The van der Waals surface area contributed by atoms with Crippen LogP contribution in [0.3, 0.4) is 0 Å². The quantitative estimate of drug-likeness (QED) is 0.860. The van der Waals surface area contributed by atoms with Crippen LogP contribution in [0.25, 0.3) is 0 Å². The van der Waals surface area contributed by atoms with Crippen LogP contribution in [-0.2, 0) is 16.6 Å². The molecule has 0 aliphatic rings. The SMILES string of the molecule is CSc1ccc(S(=O)(=O)NCc2cccnc2)cc1. The van der Waals surface area contributed by atoms with Crippen LogP contribution in [0.15, 0.2) is 58.6 Å². The van der Waals surface area contributed by atoms with E-state index < -0.39 is 10.0 Å². The first-order chi connectivity index (χ1) is 9.12. The van der Waals surface area contributed by atoms with E-state index in [9.17, 15) is 8.42 Å². The number of hydrogen-bond acceptors (Lipinski definition) is 4. The highest BCUT2D eigenvalue weighted by Crippen LogP contribution is 2.17. The number of aromatic nitrogens is 1. The van der Waals surface area contributed by atoms with Gasteiger partial charge in [0.2, 0.25) is 10.0 Å². The Bertz CT molecular complexity index is 625. The molecule has 0 radical (unpaired) electrons. The first kappa shape index (κ1) is 14.0. The molecule has 0 amide bonds. The Morgan fingerprint density at radius 3 is 2.53 bits per heavy atom. The molecule has 1 aromatic heterocycles. The number of nitrogens with one attached hydrogen (secondary N) is 1. The first-order valence-electron chi connectivity index (χ1n) is 5.64. The van der Waals surface area contributed by atoms with Gasteiger partial charge in [-0.1, -0.05) is 6.07 Å². The van der Waals surface area contributed by atoms with Gasteiger partial charge in [0, 0.05) is 23.8 Å². The van der Waals surface area contributed by atoms with Crippen LogP contribution in [0.4, 0.5) is 0 Å². The van der Waals surface area contributed by atoms with Crippen LogP contribution in [0.2, 0.25) is 0 Å². The molecule has 2 rings (SSSR count). The van der Waals surface area contributed by atoms with Gasteiger partial charge in [-0.15, -0.1) is 11.8 Å². The molecule has 1 heterocycles. The molecule has 4 nitrogen and oxygen atoms in total. The lowest BCUT2D eigenvalue weighted by atomic mass is 10.3. The summed E-state index contributed by atoms with van der Waals surface area (Å²) in [5.74, 6) is 0. The maximum atomic E-state index is 12.1. The summed E-state index contributed by atoms with van der Waals surface area (Å²) in [5.41, 5.74) is 0.826. The van der Waals surface area contributed by atoms with Crippen molar-refractivity contribution in [2.75, 3.05) is 6.26 Å². The number of pyridine rings is 1. The standard InChI is InChI=1S/C13H14N2O2S2/c1-18-12-4-6-13(7-5-12)19(16,17)15-10-11-3-2-8-14-9-11/h2-9,15H,10H2,1H3. The van der Waals surface area contributed by atoms with E-state index in [4.69, 9.17) is 0 Å². The van der Waals surface area contributed by atoms with Crippen molar-refractivity contribution in [1.29, 1.82) is 0 Å². The van der Waals surface area contributed by atoms with Gasteiger partial charge in [-0.05, 0) is 42.2 Å². The monoisotopic (exact) mass is 294 g/mol. The molecule has 100 valence electrons. The molecule has 1 aromatic carbocycles. The van der Waals surface area contributed by atoms with Crippen LogP contribution in [0, 0.1) is 0 Å². The molecule has 0 bridgehead atoms. The zero-order valence-electron chi connectivity index (χ0n) is 10.4. The zero-order chi connectivity index (χ0) is 13.7. The van der Waals surface area contributed by atoms with Gasteiger partial charge in [-0.25, -0.2) is 13.1 Å². The molecule has 6 heteroatoms. The summed E-state index contributed by atoms with van der Waals surface area (Å²) in [7, 11) is -3.47. The fraction of sp³-hybridized carbons (Fsp3) is 0.154. The Morgan fingerprint density at radius 2 is 1.95 bits per heavy atom. The Labute approximate surface area is 117 Å². The lowest BCUT2D eigenvalue weighted by Gasteiger charge is -2.07. The highest BCUT2D eigenvalue weighted by molar-refractivity contribution is 7.98. The van der Waals surface area contributed by atoms with E-state index in [1.54, 1.807) is 54.5 Å². The van der Waals surface area contributed by atoms with Gasteiger partial charge in [0.05, 0.1) is 4.90 Å². The first-order valence-corrected chi connectivity index (χ1v) is 8.35. The van der Waals surface area contributed by atoms with Crippen LogP contribution in [-0.4, -0.2) is 19.7 Å². The lowest BCUT2D eigenvalue weighted by Crippen LogP contribution is -2.23. The molecule has 0 aliphatic carbocycles. The van der Waals surface area contributed by atoms with Crippen LogP contribution in [0.5, 0.6) is 0 Å². The molecule has 0 fully saturated rings. The summed E-state index contributed by atoms with van der Waals surface area (Å²) in [6.07, 6.45) is 5.24. The number of benzene rings is 1. The van der Waals surface area contributed by atoms with Crippen molar-refractivity contribution in [2.24, 2.45) is 0 Å². The summed E-state index contributed by atoms with van der Waals surface area (Å²) in [5, 5.41) is 0. The largest absolute Gasteiger partial charge is 0.264 e. The fourth-order valence-electron chi connectivity index (χ4n) is 1.52. The van der Waals surface area contributed by atoms with Crippen molar-refractivity contribution in [1.82, 2.24) is 9.71 Å². The zero-order valence-corrected chi connectivity index (χ0v) is 12.0. The lowest BCUT2D eigenvalue weighted by molar-refractivity contribution is 0.581. The van der Waals surface area contributed by atoms with Crippen molar-refractivity contribution < 1.29 is 8.42 Å². The third kappa shape index (κ3) is 3.79. The van der Waals surface area contributed by atoms with E-state index in [-0.39, 0.29) is 11.4 Å². The molecule has 19 heavy (non-hydrogen) atoms. The predicted molar refractivity (Wildman–Crippen MR) is 76.5 cm³/mol. The summed E-state index contributed by atoms with van der Waals surface area (Å²) in [4.78, 5) is 5.25. The van der Waals surface area contributed by atoms with E-state index in [2.05, 4.69) is 9.71 Å². The molecule has 0 spiro atoms. The van der Waals surface area contributed by atoms with Gasteiger partial charge in [0.1, 0.15) is 0 Å². The summed E-state index contributed by atoms with van der Waals surface area (Å²) >= 11 is 1.57. The molecular formula is C13H14N2O2S2. The summed E-state index contributed by atoms with van der Waals surface area (Å²) < 4.78 is 26.7. The van der Waals surface area contributed by atoms with Crippen molar-refractivity contribution in [3.8, 4) is 0 Å². The second kappa shape index (κ2) is 6.18. The predicted octanol–water partition coefficient (Wildman–Crippen LogP) is 2.28. The van der Waals surface area contributed by atoms with Crippen molar-refractivity contribution in [2.45, 2.75) is 16.3 Å². The molecule has 0 saturated heterocycles. The van der Waals surface area contributed by atoms with Crippen molar-refractivity contribution in [3.05, 3.63) is 54.4 Å². The molecule has 0 atom stereocenters. The van der Waals surface area contributed by atoms with Crippen molar-refractivity contribution >= 4 is 21.8 Å². The van der Waals surface area contributed by atoms with Crippen molar-refractivity contribution in [3.63, 3.8) is 0 Å². The van der Waals surface area contributed by atoms with Gasteiger partial charge < -0.3 is 0 Å². The van der Waals surface area contributed by atoms with E-state index >= 15 is 0 Å². The third-order valence-corrected chi connectivity index (χ3v) is 4.72. The maximum Gasteiger partial charge on any atom is 0.240 e. The summed E-state index contributed by atoms with van der Waals surface area (Å²) in [6.45, 7) is 0.237. The molecule has 2 aromatic rings. The number of rotatable bonds is 5. The second-order valence-corrected chi connectivity index (χ2v) is 6.51. The summed E-state index contributed by atoms with van der Waals surface area (Å²) in [6, 6.07) is 10.4. The van der Waals surface area contributed by atoms with Gasteiger partial charge in [0.15, 0.2) is 0 Å². The Morgan fingerprint density at radius 1 is 1.21 bits per heavy atom. The number of sulfonamides is 1. The number of thioether (sulfide) groups is 1. The smallest absolute Gasteiger partial charge is 0.240 e. The fourth-order valence-corrected chi connectivity index (χ4v) is 2.95. The number of nitrogens with zero attached hydrogens (tertiary/aromatic N) is 1. The van der Waals surface area contributed by atoms with E-state index in [1.807, 2.05) is 12.3 Å². The molecule has 0 saturated carbocycles. The topological polar surface area (TPSA) is 59.1 Å². The minimum atomic E-state index is -3.47. The second-order valence-electron chi connectivity index (χ2n) is 3.86. The van der Waals surface area contributed by atoms with Crippen LogP contribution in [0.1, 0.15) is 5.56 Å². The minimum absolute atomic E-state index is 0.237. The molecule has 0 aliphatic heterocycles.